The number of anilines is 1. The Morgan fingerprint density at radius 3 is 2.27 bits per heavy atom. The molecule has 0 atom stereocenters. The Hall–Kier alpha value is -2.66. The number of hydrogen-bond acceptors (Lipinski definition) is 3. The van der Waals surface area contributed by atoms with Crippen LogP contribution in [0.5, 0.6) is 0 Å². The van der Waals surface area contributed by atoms with Crippen molar-refractivity contribution in [1.29, 1.82) is 0 Å². The van der Waals surface area contributed by atoms with Crippen molar-refractivity contribution in [2.75, 3.05) is 5.32 Å². The molecule has 5 nitrogen and oxygen atoms in total. The van der Waals surface area contributed by atoms with Gasteiger partial charge in [-0.1, -0.05) is 62.7 Å². The van der Waals surface area contributed by atoms with E-state index in [4.69, 9.17) is 11.6 Å². The van der Waals surface area contributed by atoms with Crippen LogP contribution in [0.25, 0.3) is 0 Å². The Morgan fingerprint density at radius 2 is 1.69 bits per heavy atom. The minimum Gasteiger partial charge on any atom is -0.318 e. The molecule has 0 unspecified atom stereocenters. The van der Waals surface area contributed by atoms with E-state index in [0.717, 1.165) is 11.1 Å². The molecule has 0 radical (unpaired) electrons. The predicted molar refractivity (Wildman–Crippen MR) is 106 cm³/mol. The van der Waals surface area contributed by atoms with Gasteiger partial charge in [0.05, 0.1) is 6.21 Å². The second-order valence-corrected chi connectivity index (χ2v) is 7.40. The van der Waals surface area contributed by atoms with Gasteiger partial charge in [-0.05, 0) is 41.2 Å². The number of carbonyl (C=O) groups is 2. The van der Waals surface area contributed by atoms with Gasteiger partial charge < -0.3 is 5.32 Å². The topological polar surface area (TPSA) is 70.6 Å². The van der Waals surface area contributed by atoms with Crippen molar-refractivity contribution in [1.82, 2.24) is 5.43 Å². The first-order chi connectivity index (χ1) is 12.2. The molecule has 2 rings (SSSR count). The highest BCUT2D eigenvalue weighted by Gasteiger charge is 2.14. The van der Waals surface area contributed by atoms with Crippen LogP contribution >= 0.6 is 11.6 Å². The average molecular weight is 372 g/mol. The number of halogens is 1. The van der Waals surface area contributed by atoms with Crippen LogP contribution in [0.2, 0.25) is 5.02 Å². The van der Waals surface area contributed by atoms with Gasteiger partial charge in [0.2, 0.25) is 0 Å². The summed E-state index contributed by atoms with van der Waals surface area (Å²) in [5.74, 6) is -1.67. The molecule has 6 heteroatoms. The fraction of sp³-hybridized carbons (Fsp3) is 0.250. The summed E-state index contributed by atoms with van der Waals surface area (Å²) in [4.78, 5) is 23.7. The number of nitrogens with zero attached hydrogens (tertiary/aromatic N) is 1. The van der Waals surface area contributed by atoms with Crippen LogP contribution in [0.1, 0.15) is 37.5 Å². The van der Waals surface area contributed by atoms with Crippen molar-refractivity contribution in [3.05, 3.63) is 64.2 Å². The molecule has 0 aliphatic carbocycles. The van der Waals surface area contributed by atoms with Gasteiger partial charge in [0, 0.05) is 10.7 Å². The smallest absolute Gasteiger partial charge is 0.318 e. The molecule has 26 heavy (non-hydrogen) atoms. The number of hydrogen-bond donors (Lipinski definition) is 2. The van der Waals surface area contributed by atoms with Gasteiger partial charge >= 0.3 is 11.8 Å². The lowest BCUT2D eigenvalue weighted by Crippen LogP contribution is -2.32. The summed E-state index contributed by atoms with van der Waals surface area (Å²) in [6, 6.07) is 12.9. The SMILES string of the molecule is Cc1ccc(NC(=O)C(=O)N/N=C\c2ccc(C(C)(C)C)cc2)cc1Cl. The zero-order valence-corrected chi connectivity index (χ0v) is 16.0. The molecule has 0 aliphatic rings. The molecule has 0 spiro atoms. The minimum atomic E-state index is -0.857. The Balaban J connectivity index is 1.91. The predicted octanol–water partition coefficient (Wildman–Crippen LogP) is 4.03. The highest BCUT2D eigenvalue weighted by Crippen LogP contribution is 2.22. The quantitative estimate of drug-likeness (QED) is 0.485. The normalized spacial score (nSPS) is 11.4. The van der Waals surface area contributed by atoms with E-state index >= 15 is 0 Å². The zero-order chi connectivity index (χ0) is 19.3. The molecule has 0 fully saturated rings. The number of benzene rings is 2. The zero-order valence-electron chi connectivity index (χ0n) is 15.3. The number of rotatable bonds is 3. The first-order valence-electron chi connectivity index (χ1n) is 8.18. The molecule has 2 aromatic carbocycles. The third kappa shape index (κ3) is 5.43. The standard InChI is InChI=1S/C20H22ClN3O2/c1-13-5-10-16(11-17(13)21)23-18(25)19(26)24-22-12-14-6-8-15(9-7-14)20(2,3)4/h5-12H,1-4H3,(H,23,25)(H,24,26)/b22-12-. The van der Waals surface area contributed by atoms with Crippen LogP contribution < -0.4 is 10.7 Å². The van der Waals surface area contributed by atoms with Gasteiger partial charge in [-0.25, -0.2) is 5.43 Å². The summed E-state index contributed by atoms with van der Waals surface area (Å²) < 4.78 is 0. The number of carbonyl (C=O) groups excluding carboxylic acids is 2. The lowest BCUT2D eigenvalue weighted by atomic mass is 9.87. The molecule has 2 amide bonds. The van der Waals surface area contributed by atoms with Crippen molar-refractivity contribution in [2.45, 2.75) is 33.1 Å². The molecule has 0 heterocycles. The summed E-state index contributed by atoms with van der Waals surface area (Å²) in [7, 11) is 0. The highest BCUT2D eigenvalue weighted by atomic mass is 35.5. The van der Waals surface area contributed by atoms with Gasteiger partial charge in [-0.2, -0.15) is 5.10 Å². The third-order valence-corrected chi connectivity index (χ3v) is 4.20. The second kappa shape index (κ2) is 8.15. The monoisotopic (exact) mass is 371 g/mol. The van der Waals surface area contributed by atoms with Crippen LogP contribution in [-0.4, -0.2) is 18.0 Å². The maximum atomic E-state index is 11.9. The first kappa shape index (κ1) is 19.7. The molecule has 0 saturated heterocycles. The van der Waals surface area contributed by atoms with E-state index in [0.29, 0.717) is 10.7 Å². The van der Waals surface area contributed by atoms with Crippen LogP contribution in [0, 0.1) is 6.92 Å². The van der Waals surface area contributed by atoms with E-state index in [9.17, 15) is 9.59 Å². The van der Waals surface area contributed by atoms with Gasteiger partial charge in [-0.15, -0.1) is 0 Å². The largest absolute Gasteiger partial charge is 0.329 e. The number of nitrogens with one attached hydrogen (secondary N) is 2. The summed E-state index contributed by atoms with van der Waals surface area (Å²) in [6.45, 7) is 8.26. The van der Waals surface area contributed by atoms with Crippen LogP contribution in [-0.2, 0) is 15.0 Å². The van der Waals surface area contributed by atoms with E-state index in [1.807, 2.05) is 31.2 Å². The first-order valence-corrected chi connectivity index (χ1v) is 8.56. The summed E-state index contributed by atoms with van der Waals surface area (Å²) in [5, 5.41) is 6.80. The molecular formula is C20H22ClN3O2. The minimum absolute atomic E-state index is 0.0703. The Kier molecular flexibility index (Phi) is 6.16. The third-order valence-electron chi connectivity index (χ3n) is 3.79. The highest BCUT2D eigenvalue weighted by molar-refractivity contribution is 6.39. The number of hydrazone groups is 1. The number of aryl methyl sites for hydroxylation is 1. The van der Waals surface area contributed by atoms with Crippen LogP contribution in [0.4, 0.5) is 5.69 Å². The second-order valence-electron chi connectivity index (χ2n) is 6.99. The van der Waals surface area contributed by atoms with Gasteiger partial charge in [0.1, 0.15) is 0 Å². The maximum Gasteiger partial charge on any atom is 0.329 e. The Morgan fingerprint density at radius 1 is 1.04 bits per heavy atom. The molecule has 136 valence electrons. The number of amides is 2. The molecular weight excluding hydrogens is 350 g/mol. The van der Waals surface area contributed by atoms with E-state index in [-0.39, 0.29) is 5.41 Å². The van der Waals surface area contributed by atoms with Gasteiger partial charge in [0.15, 0.2) is 0 Å². The molecule has 2 aromatic rings. The fourth-order valence-corrected chi connectivity index (χ4v) is 2.32. The lowest BCUT2D eigenvalue weighted by molar-refractivity contribution is -0.136. The van der Waals surface area contributed by atoms with Crippen molar-refractivity contribution in [3.63, 3.8) is 0 Å². The summed E-state index contributed by atoms with van der Waals surface area (Å²) >= 11 is 5.99. The van der Waals surface area contributed by atoms with E-state index in [1.54, 1.807) is 18.2 Å². The average Bonchev–Trinajstić information content (AvgIpc) is 2.57. The molecule has 0 bridgehead atoms. The maximum absolute atomic E-state index is 11.9. The van der Waals surface area contributed by atoms with Crippen molar-refractivity contribution in [2.24, 2.45) is 5.10 Å². The molecule has 0 saturated carbocycles. The summed E-state index contributed by atoms with van der Waals surface area (Å²) in [5.41, 5.74) is 5.64. The van der Waals surface area contributed by atoms with Gasteiger partial charge in [0.25, 0.3) is 0 Å². The fourth-order valence-electron chi connectivity index (χ4n) is 2.14. The van der Waals surface area contributed by atoms with E-state index in [1.165, 1.54) is 11.8 Å². The van der Waals surface area contributed by atoms with Crippen molar-refractivity contribution in [3.8, 4) is 0 Å². The Labute approximate surface area is 158 Å². The van der Waals surface area contributed by atoms with E-state index in [2.05, 4.69) is 36.6 Å². The van der Waals surface area contributed by atoms with Gasteiger partial charge in [-0.3, -0.25) is 9.59 Å². The summed E-state index contributed by atoms with van der Waals surface area (Å²) in [6.07, 6.45) is 1.49. The van der Waals surface area contributed by atoms with Crippen LogP contribution in [0.3, 0.4) is 0 Å². The van der Waals surface area contributed by atoms with Crippen molar-refractivity contribution >= 4 is 35.3 Å². The van der Waals surface area contributed by atoms with E-state index < -0.39 is 11.8 Å². The Bertz CT molecular complexity index is 837. The van der Waals surface area contributed by atoms with Crippen molar-refractivity contribution < 1.29 is 9.59 Å². The molecule has 0 aliphatic heterocycles. The van der Waals surface area contributed by atoms with Crippen LogP contribution in [0.15, 0.2) is 47.6 Å². The molecule has 0 aromatic heterocycles. The molecule has 2 N–H and O–H groups in total. The lowest BCUT2D eigenvalue weighted by Gasteiger charge is -2.18.